The van der Waals surface area contributed by atoms with Crippen LogP contribution in [0.25, 0.3) is 0 Å². The molecule has 0 aromatic heterocycles. The van der Waals surface area contributed by atoms with Crippen molar-refractivity contribution in [3.8, 4) is 6.07 Å². The molecule has 0 aromatic rings. The highest BCUT2D eigenvalue weighted by molar-refractivity contribution is 6.01. The predicted molar refractivity (Wildman–Crippen MR) is 44.2 cm³/mol. The second-order valence-electron chi connectivity index (χ2n) is 3.49. The van der Waals surface area contributed by atoms with Crippen LogP contribution >= 0.6 is 0 Å². The van der Waals surface area contributed by atoms with Crippen molar-refractivity contribution in [3.05, 3.63) is 11.1 Å². The molecule has 13 heavy (non-hydrogen) atoms. The largest absolute Gasteiger partial charge is 0.367 e. The third kappa shape index (κ3) is 1.04. The standard InChI is InChI=1S/C9H10N2O2/c10-5-6-7-3-1-2-4-9(7,13)11-8(6)12/h13H,1-4H2,(H,11,12)/t9-/m0/s1. The van der Waals surface area contributed by atoms with Crippen LogP contribution < -0.4 is 5.32 Å². The van der Waals surface area contributed by atoms with Crippen LogP contribution in [0.2, 0.25) is 0 Å². The van der Waals surface area contributed by atoms with Crippen LogP contribution in [-0.2, 0) is 4.79 Å². The molecule has 1 atom stereocenters. The van der Waals surface area contributed by atoms with E-state index in [1.807, 2.05) is 6.07 Å². The van der Waals surface area contributed by atoms with Gasteiger partial charge in [0, 0.05) is 5.57 Å². The van der Waals surface area contributed by atoms with Gasteiger partial charge in [0.25, 0.3) is 5.91 Å². The SMILES string of the molecule is N#CC1=C2CCCC[C@@]2(O)NC1=O. The van der Waals surface area contributed by atoms with Crippen molar-refractivity contribution in [1.29, 1.82) is 5.26 Å². The first-order valence-electron chi connectivity index (χ1n) is 4.36. The topological polar surface area (TPSA) is 73.1 Å². The maximum atomic E-state index is 11.2. The molecule has 1 saturated carbocycles. The smallest absolute Gasteiger partial charge is 0.264 e. The van der Waals surface area contributed by atoms with E-state index >= 15 is 0 Å². The monoisotopic (exact) mass is 178 g/mol. The van der Waals surface area contributed by atoms with E-state index in [1.165, 1.54) is 0 Å². The van der Waals surface area contributed by atoms with Gasteiger partial charge in [-0.25, -0.2) is 0 Å². The lowest BCUT2D eigenvalue weighted by Gasteiger charge is -2.30. The number of hydrogen-bond donors (Lipinski definition) is 2. The summed E-state index contributed by atoms with van der Waals surface area (Å²) in [7, 11) is 0. The van der Waals surface area contributed by atoms with Crippen LogP contribution in [0.4, 0.5) is 0 Å². The quantitative estimate of drug-likeness (QED) is 0.556. The lowest BCUT2D eigenvalue weighted by Crippen LogP contribution is -2.45. The molecule has 1 heterocycles. The van der Waals surface area contributed by atoms with Crippen LogP contribution in [-0.4, -0.2) is 16.7 Å². The molecule has 1 fully saturated rings. The lowest BCUT2D eigenvalue weighted by atomic mass is 9.86. The molecule has 0 spiro atoms. The van der Waals surface area contributed by atoms with Gasteiger partial charge in [0.2, 0.25) is 0 Å². The molecular formula is C9H10N2O2. The highest BCUT2D eigenvalue weighted by atomic mass is 16.3. The van der Waals surface area contributed by atoms with Gasteiger partial charge in [-0.1, -0.05) is 0 Å². The van der Waals surface area contributed by atoms with E-state index in [4.69, 9.17) is 5.26 Å². The average molecular weight is 178 g/mol. The maximum Gasteiger partial charge on any atom is 0.264 e. The Hall–Kier alpha value is -1.34. The fourth-order valence-electron chi connectivity index (χ4n) is 2.02. The summed E-state index contributed by atoms with van der Waals surface area (Å²) in [5.74, 6) is -0.429. The highest BCUT2D eigenvalue weighted by Gasteiger charge is 2.44. The molecule has 2 N–H and O–H groups in total. The number of nitrogens with zero attached hydrogens (tertiary/aromatic N) is 1. The second kappa shape index (κ2) is 2.57. The van der Waals surface area contributed by atoms with E-state index in [-0.39, 0.29) is 5.57 Å². The molecule has 1 amide bonds. The summed E-state index contributed by atoms with van der Waals surface area (Å²) < 4.78 is 0. The van der Waals surface area contributed by atoms with Gasteiger partial charge in [-0.3, -0.25) is 4.79 Å². The van der Waals surface area contributed by atoms with Gasteiger partial charge in [0.1, 0.15) is 11.6 Å². The molecule has 0 bridgehead atoms. The number of rotatable bonds is 0. The molecule has 0 saturated heterocycles. The zero-order valence-electron chi connectivity index (χ0n) is 7.13. The Kier molecular flexibility index (Phi) is 1.64. The van der Waals surface area contributed by atoms with Gasteiger partial charge in [-0.05, 0) is 25.7 Å². The molecule has 1 aliphatic heterocycles. The van der Waals surface area contributed by atoms with E-state index in [2.05, 4.69) is 5.32 Å². The lowest BCUT2D eigenvalue weighted by molar-refractivity contribution is -0.120. The van der Waals surface area contributed by atoms with Crippen LogP contribution in [0, 0.1) is 11.3 Å². The van der Waals surface area contributed by atoms with Crippen molar-refractivity contribution < 1.29 is 9.90 Å². The van der Waals surface area contributed by atoms with Crippen LogP contribution in [0.1, 0.15) is 25.7 Å². The molecule has 2 rings (SSSR count). The molecular weight excluding hydrogens is 168 g/mol. The van der Waals surface area contributed by atoms with Crippen LogP contribution in [0.3, 0.4) is 0 Å². The van der Waals surface area contributed by atoms with Gasteiger partial charge < -0.3 is 10.4 Å². The Morgan fingerprint density at radius 3 is 3.00 bits per heavy atom. The first kappa shape index (κ1) is 8.27. The summed E-state index contributed by atoms with van der Waals surface area (Å²) in [6, 6.07) is 1.85. The molecule has 68 valence electrons. The molecule has 4 heteroatoms. The van der Waals surface area contributed by atoms with Crippen molar-refractivity contribution in [2.24, 2.45) is 0 Å². The van der Waals surface area contributed by atoms with E-state index in [0.717, 1.165) is 12.8 Å². The normalized spacial score (nSPS) is 32.5. The van der Waals surface area contributed by atoms with Crippen molar-refractivity contribution in [3.63, 3.8) is 0 Å². The number of fused-ring (bicyclic) bond motifs is 1. The minimum Gasteiger partial charge on any atom is -0.367 e. The first-order chi connectivity index (χ1) is 6.17. The van der Waals surface area contributed by atoms with Gasteiger partial charge in [0.15, 0.2) is 5.72 Å². The summed E-state index contributed by atoms with van der Waals surface area (Å²) >= 11 is 0. The number of nitriles is 1. The Labute approximate surface area is 75.9 Å². The van der Waals surface area contributed by atoms with Crippen molar-refractivity contribution in [2.45, 2.75) is 31.4 Å². The minimum atomic E-state index is -1.21. The number of nitrogens with one attached hydrogen (secondary N) is 1. The summed E-state index contributed by atoms with van der Waals surface area (Å²) in [5, 5.41) is 21.1. The molecule has 0 aromatic carbocycles. The maximum absolute atomic E-state index is 11.2. The molecule has 0 radical (unpaired) electrons. The van der Waals surface area contributed by atoms with Gasteiger partial charge >= 0.3 is 0 Å². The predicted octanol–water partition coefficient (Wildman–Crippen LogP) is 0.199. The Bertz CT molecular complexity index is 340. The molecule has 1 aliphatic carbocycles. The van der Waals surface area contributed by atoms with Gasteiger partial charge in [-0.15, -0.1) is 0 Å². The van der Waals surface area contributed by atoms with Crippen LogP contribution in [0.5, 0.6) is 0 Å². The van der Waals surface area contributed by atoms with E-state index in [1.54, 1.807) is 0 Å². The molecule has 2 aliphatic rings. The number of carbonyl (C=O) groups excluding carboxylic acids is 1. The summed E-state index contributed by atoms with van der Waals surface area (Å²) in [6.45, 7) is 0. The Balaban J connectivity index is 2.47. The van der Waals surface area contributed by atoms with E-state index in [9.17, 15) is 9.90 Å². The molecule has 0 unspecified atom stereocenters. The summed E-state index contributed by atoms with van der Waals surface area (Å²) in [5.41, 5.74) is -0.506. The Morgan fingerprint density at radius 2 is 2.31 bits per heavy atom. The number of carbonyl (C=O) groups is 1. The van der Waals surface area contributed by atoms with Gasteiger partial charge in [0.05, 0.1) is 0 Å². The molecule has 4 nitrogen and oxygen atoms in total. The fourth-order valence-corrected chi connectivity index (χ4v) is 2.02. The Morgan fingerprint density at radius 1 is 1.54 bits per heavy atom. The zero-order valence-corrected chi connectivity index (χ0v) is 7.13. The summed E-state index contributed by atoms with van der Waals surface area (Å²) in [4.78, 5) is 11.2. The van der Waals surface area contributed by atoms with Gasteiger partial charge in [-0.2, -0.15) is 5.26 Å². The fraction of sp³-hybridized carbons (Fsp3) is 0.556. The van der Waals surface area contributed by atoms with Crippen LogP contribution in [0.15, 0.2) is 11.1 Å². The highest BCUT2D eigenvalue weighted by Crippen LogP contribution is 2.37. The minimum absolute atomic E-state index is 0.113. The first-order valence-corrected chi connectivity index (χ1v) is 4.36. The third-order valence-corrected chi connectivity index (χ3v) is 2.68. The van der Waals surface area contributed by atoms with Crippen molar-refractivity contribution >= 4 is 5.91 Å². The third-order valence-electron chi connectivity index (χ3n) is 2.68. The number of amides is 1. The van der Waals surface area contributed by atoms with E-state index < -0.39 is 11.6 Å². The summed E-state index contributed by atoms with van der Waals surface area (Å²) in [6.07, 6.45) is 3.01. The number of hydrogen-bond acceptors (Lipinski definition) is 3. The van der Waals surface area contributed by atoms with Crippen molar-refractivity contribution in [1.82, 2.24) is 5.32 Å². The zero-order chi connectivity index (χ0) is 9.47. The number of aliphatic hydroxyl groups is 1. The van der Waals surface area contributed by atoms with E-state index in [0.29, 0.717) is 18.4 Å². The van der Waals surface area contributed by atoms with Crippen molar-refractivity contribution in [2.75, 3.05) is 0 Å². The second-order valence-corrected chi connectivity index (χ2v) is 3.49. The average Bonchev–Trinajstić information content (AvgIpc) is 2.34.